The topological polar surface area (TPSA) is 674 Å². The molecule has 0 bridgehead atoms. The summed E-state index contributed by atoms with van der Waals surface area (Å²) in [5.41, 5.74) is 0. The maximum absolute atomic E-state index is 14.4. The largest absolute Gasteiger partial charge is 0.477 e. The third-order valence-corrected chi connectivity index (χ3v) is 23.4. The monoisotopic (exact) mass is 1780 g/mol. The summed E-state index contributed by atoms with van der Waals surface area (Å²) in [6.07, 6.45) is -37.5. The number of hydrogen-bond donors (Lipinski definition) is 24. The van der Waals surface area contributed by atoms with E-state index in [0.717, 1.165) is 97.8 Å². The Hall–Kier alpha value is -4.48. The lowest BCUT2D eigenvalue weighted by atomic mass is 9.86. The van der Waals surface area contributed by atoms with Crippen LogP contribution in [0.25, 0.3) is 0 Å². The molecule has 34 atom stereocenters. The fraction of sp³-hybridized carbons (Fsp3) is 0.901. The molecule has 0 saturated carbocycles. The van der Waals surface area contributed by atoms with Gasteiger partial charge in [-0.3, -0.25) is 14.4 Å². The SMILES string of the molecule is CCCCCCCCCCCCCC=C[C@@H](O)[C@H](CO[C@@H]1O[C@H](CO)[C@@H](O[C@@H]2O[C@H](CO)[C@H](O[C@@H]3O[C@H](CO)[C@H](O)[C@H](O[C@@H]4O[C@H](CO)[C@H](O)[C@H](O)[C@H]4O)[C@H]3CC(C)=O)[C@H](O[C@]3(C(=O)O)C[C@H](O)[C@@H](NC(C)=O)C([C@H](O)[C@@H](CO)O[C@]4(C(=O)O)C[C@H](O)[C@@H](NC(C)=O)C([C@H](O)[C@H](O)CO)O4)O3)[C@H]2O)[C@H](O)[C@H]1O)NC(=O)CCCCCCCCCCCCC. The van der Waals surface area contributed by atoms with Crippen LogP contribution in [0.5, 0.6) is 0 Å². The van der Waals surface area contributed by atoms with E-state index < -0.39 is 308 Å². The van der Waals surface area contributed by atoms with E-state index in [4.69, 9.17) is 56.8 Å². The van der Waals surface area contributed by atoms with E-state index in [-0.39, 0.29) is 6.42 Å². The maximum Gasteiger partial charge on any atom is 0.364 e. The van der Waals surface area contributed by atoms with Crippen LogP contribution in [0.2, 0.25) is 0 Å². The molecule has 6 aliphatic rings. The highest BCUT2D eigenvalue weighted by Crippen LogP contribution is 2.44. The standard InChI is InChI=1S/C81H141N3O39/c1-6-8-10-12-14-16-18-19-21-22-24-26-28-30-47(94)46(84-56(98)31-29-27-25-23-20-17-15-13-11-9-7-2)41-112-75-66(106)64(104)69(54(39-89)115-75)118-77-67(107)73(70(55(40-90)116-77)119-74-45(32-42(3)91)68(61(101)52(37-87)113-74)117-76-65(105)63(103)60(100)51(36-86)114-76)123-81(79(110)111)34-49(96)58(83-44(5)93)72(122-81)62(102)53(38-88)120-80(78(108)109)33-48(95)57(82-43(4)92)71(121-80)59(99)50(97)35-85/h28,30,45-55,57-77,85-90,94-97,99-107H,6-27,29,31-41H2,1-5H3,(H,82,92)(H,83,93)(H,84,98)(H,108,109)(H,110,111)/t45-,46+,47-,48+,49+,50-,51-,52-,53-,54-,55-,57-,58-,59-,60+,61+,62-,63+,64-,65-,66-,67-,68-,69-,70+,71?,72?,73-,74+,75-,76+,77+,80-,81+/m1/s1. The number of nitrogens with one attached hydrogen (secondary N) is 3. The van der Waals surface area contributed by atoms with Crippen molar-refractivity contribution in [2.75, 3.05) is 46.2 Å². The van der Waals surface area contributed by atoms with Gasteiger partial charge in [-0.25, -0.2) is 9.59 Å². The molecular formula is C81H141N3O39. The van der Waals surface area contributed by atoms with Crippen LogP contribution in [0.15, 0.2) is 12.2 Å². The van der Waals surface area contributed by atoms with E-state index in [9.17, 15) is 136 Å². The molecule has 0 aliphatic carbocycles. The molecule has 42 heteroatoms. The molecule has 6 rings (SSSR count). The molecule has 42 nitrogen and oxygen atoms in total. The summed E-state index contributed by atoms with van der Waals surface area (Å²) < 4.78 is 72.4. The molecule has 24 N–H and O–H groups in total. The number of amides is 3. The Labute approximate surface area is 715 Å². The third kappa shape index (κ3) is 30.6. The normalized spacial score (nSPS) is 35.9. The average Bonchev–Trinajstić information content (AvgIpc) is 0.749. The minimum absolute atomic E-state index is 0.0872. The second kappa shape index (κ2) is 53.6. The molecule has 6 heterocycles. The number of carboxylic acid groups (broad SMARTS) is 2. The fourth-order valence-corrected chi connectivity index (χ4v) is 16.4. The molecule has 0 aromatic rings. The van der Waals surface area contributed by atoms with Crippen molar-refractivity contribution in [2.24, 2.45) is 5.92 Å². The molecule has 6 aliphatic heterocycles. The van der Waals surface area contributed by atoms with E-state index in [1.165, 1.54) is 63.9 Å². The van der Waals surface area contributed by atoms with Gasteiger partial charge in [0.25, 0.3) is 11.6 Å². The Bertz CT molecular complexity index is 3120. The number of rotatable bonds is 56. The molecule has 0 aromatic carbocycles. The van der Waals surface area contributed by atoms with Gasteiger partial charge in [0.15, 0.2) is 25.2 Å². The fourth-order valence-electron chi connectivity index (χ4n) is 16.4. The summed E-state index contributed by atoms with van der Waals surface area (Å²) in [4.78, 5) is 80.3. The Balaban J connectivity index is 1.36. The van der Waals surface area contributed by atoms with Crippen molar-refractivity contribution in [1.82, 2.24) is 16.0 Å². The number of aliphatic hydroxyl groups is 19. The number of allylic oxidation sites excluding steroid dienone is 1. The first-order valence-corrected chi connectivity index (χ1v) is 43.4. The molecule has 0 spiro atoms. The summed E-state index contributed by atoms with van der Waals surface area (Å²) in [5.74, 6) is -16.5. The van der Waals surface area contributed by atoms with E-state index in [1.807, 2.05) is 0 Å². The average molecular weight is 1780 g/mol. The molecule has 714 valence electrons. The zero-order valence-corrected chi connectivity index (χ0v) is 70.9. The van der Waals surface area contributed by atoms with Crippen molar-refractivity contribution in [1.29, 1.82) is 0 Å². The second-order valence-electron chi connectivity index (χ2n) is 33.2. The summed E-state index contributed by atoms with van der Waals surface area (Å²) in [6.45, 7) is -0.840. The number of aliphatic carboxylic acids is 2. The second-order valence-corrected chi connectivity index (χ2v) is 33.2. The van der Waals surface area contributed by atoms with Crippen LogP contribution >= 0.6 is 0 Å². The Morgan fingerprint density at radius 3 is 1.41 bits per heavy atom. The summed E-state index contributed by atoms with van der Waals surface area (Å²) in [7, 11) is 0. The van der Waals surface area contributed by atoms with E-state index in [1.54, 1.807) is 6.08 Å². The first-order valence-electron chi connectivity index (χ1n) is 43.4. The Kier molecular flexibility index (Phi) is 46.8. The van der Waals surface area contributed by atoms with Crippen LogP contribution in [-0.4, -0.2) is 390 Å². The van der Waals surface area contributed by atoms with Crippen molar-refractivity contribution in [3.63, 3.8) is 0 Å². The van der Waals surface area contributed by atoms with E-state index in [0.29, 0.717) is 12.8 Å². The van der Waals surface area contributed by atoms with Crippen molar-refractivity contribution < 1.29 is 193 Å². The van der Waals surface area contributed by atoms with E-state index >= 15 is 0 Å². The number of hydrogen-bond acceptors (Lipinski definition) is 37. The third-order valence-electron chi connectivity index (χ3n) is 23.4. The lowest BCUT2D eigenvalue weighted by Crippen LogP contribution is -2.72. The Morgan fingerprint density at radius 2 is 0.902 bits per heavy atom. The Morgan fingerprint density at radius 1 is 0.463 bits per heavy atom. The minimum Gasteiger partial charge on any atom is -0.477 e. The first kappa shape index (κ1) is 107. The molecule has 6 saturated heterocycles. The highest BCUT2D eigenvalue weighted by atomic mass is 16.8. The summed E-state index contributed by atoms with van der Waals surface area (Å²) in [5, 5.41) is 245. The zero-order valence-electron chi connectivity index (χ0n) is 70.9. The zero-order chi connectivity index (χ0) is 91.0. The molecule has 3 amide bonds. The number of ketones is 1. The van der Waals surface area contributed by atoms with Crippen LogP contribution in [0.4, 0.5) is 0 Å². The van der Waals surface area contributed by atoms with Gasteiger partial charge in [-0.2, -0.15) is 0 Å². The van der Waals surface area contributed by atoms with Gasteiger partial charge in [-0.15, -0.1) is 0 Å². The van der Waals surface area contributed by atoms with Gasteiger partial charge in [-0.1, -0.05) is 154 Å². The van der Waals surface area contributed by atoms with Gasteiger partial charge in [0, 0.05) is 45.4 Å². The van der Waals surface area contributed by atoms with Crippen LogP contribution in [-0.2, 0) is 85.6 Å². The number of ether oxygens (including phenoxy) is 12. The van der Waals surface area contributed by atoms with Crippen LogP contribution in [0.1, 0.15) is 208 Å². The van der Waals surface area contributed by atoms with Crippen molar-refractivity contribution in [3.05, 3.63) is 12.2 Å². The molecule has 0 radical (unpaired) electrons. The minimum atomic E-state index is -3.68. The number of aliphatic hydroxyl groups excluding tert-OH is 19. The van der Waals surface area contributed by atoms with Crippen LogP contribution in [0.3, 0.4) is 0 Å². The summed E-state index contributed by atoms with van der Waals surface area (Å²) >= 11 is 0. The lowest BCUT2D eigenvalue weighted by molar-refractivity contribution is -0.407. The van der Waals surface area contributed by atoms with Gasteiger partial charge >= 0.3 is 11.9 Å². The number of unbranched alkanes of at least 4 members (excludes halogenated alkanes) is 21. The number of carbonyl (C=O) groups excluding carboxylic acids is 4. The highest BCUT2D eigenvalue weighted by Gasteiger charge is 2.64. The maximum atomic E-state index is 14.4. The van der Waals surface area contributed by atoms with Gasteiger partial charge < -0.3 is 185 Å². The number of Topliss-reactive ketones (excluding diaryl/α,β-unsaturated/α-hetero) is 1. The van der Waals surface area contributed by atoms with Gasteiger partial charge in [0.2, 0.25) is 17.7 Å². The highest BCUT2D eigenvalue weighted by molar-refractivity contribution is 5.78. The molecule has 6 fully saturated rings. The lowest BCUT2D eigenvalue weighted by Gasteiger charge is -2.53. The van der Waals surface area contributed by atoms with Crippen LogP contribution < -0.4 is 16.0 Å². The first-order chi connectivity index (χ1) is 58.6. The molecule has 0 aromatic heterocycles. The van der Waals surface area contributed by atoms with E-state index in [2.05, 4.69) is 29.8 Å². The van der Waals surface area contributed by atoms with Crippen molar-refractivity contribution >= 4 is 35.4 Å². The number of carbonyl (C=O) groups is 6. The smallest absolute Gasteiger partial charge is 0.364 e. The molecule has 2 unspecified atom stereocenters. The van der Waals surface area contributed by atoms with Crippen LogP contribution in [0, 0.1) is 5.92 Å². The quantitative estimate of drug-likeness (QED) is 0.0202. The predicted octanol–water partition coefficient (Wildman–Crippen LogP) is -4.34. The molecule has 123 heavy (non-hydrogen) atoms. The van der Waals surface area contributed by atoms with Crippen molar-refractivity contribution in [3.8, 4) is 0 Å². The number of carboxylic acids is 2. The van der Waals surface area contributed by atoms with Gasteiger partial charge in [0.05, 0.1) is 88.8 Å². The molecular weight excluding hydrogens is 1640 g/mol. The van der Waals surface area contributed by atoms with Gasteiger partial charge in [0.1, 0.15) is 128 Å². The van der Waals surface area contributed by atoms with Gasteiger partial charge in [-0.05, 0) is 26.2 Å². The predicted molar refractivity (Wildman–Crippen MR) is 423 cm³/mol. The summed E-state index contributed by atoms with van der Waals surface area (Å²) in [6, 6.07) is -5.09. The van der Waals surface area contributed by atoms with Crippen molar-refractivity contribution in [2.45, 2.75) is 409 Å².